The molecule has 0 spiro atoms. The van der Waals surface area contributed by atoms with Crippen molar-refractivity contribution in [3.05, 3.63) is 12.1 Å². The lowest BCUT2D eigenvalue weighted by Gasteiger charge is -2.14. The monoisotopic (exact) mass is 283 g/mol. The molecule has 0 aliphatic heterocycles. The van der Waals surface area contributed by atoms with Crippen LogP contribution in [0.4, 0.5) is 5.69 Å². The van der Waals surface area contributed by atoms with Gasteiger partial charge >= 0.3 is 11.9 Å². The van der Waals surface area contributed by atoms with Crippen molar-refractivity contribution in [3.63, 3.8) is 0 Å². The van der Waals surface area contributed by atoms with E-state index in [9.17, 15) is 9.59 Å². The first-order chi connectivity index (χ1) is 9.57. The summed E-state index contributed by atoms with van der Waals surface area (Å²) in [5.74, 6) is -0.705. The molecule has 1 amide bonds. The van der Waals surface area contributed by atoms with Crippen LogP contribution in [0.5, 0.6) is 17.2 Å². The first-order valence-electron chi connectivity index (χ1n) is 5.85. The number of ether oxygens (including phenoxy) is 4. The smallest absolute Gasteiger partial charge is 0.397 e. The second-order valence-electron chi connectivity index (χ2n) is 3.59. The van der Waals surface area contributed by atoms with E-state index in [-0.39, 0.29) is 6.61 Å². The molecular weight excluding hydrogens is 266 g/mol. The summed E-state index contributed by atoms with van der Waals surface area (Å²) in [6.07, 6.45) is 0. The zero-order valence-electron chi connectivity index (χ0n) is 11.8. The molecule has 0 aliphatic carbocycles. The van der Waals surface area contributed by atoms with Crippen LogP contribution >= 0.6 is 0 Å². The van der Waals surface area contributed by atoms with E-state index in [0.717, 1.165) is 0 Å². The van der Waals surface area contributed by atoms with E-state index in [4.69, 9.17) is 14.2 Å². The molecule has 0 unspecified atom stereocenters. The number of methoxy groups -OCH3 is 3. The van der Waals surface area contributed by atoms with Gasteiger partial charge in [0.05, 0.1) is 27.9 Å². The molecule has 1 aromatic carbocycles. The molecule has 1 N–H and O–H groups in total. The Morgan fingerprint density at radius 1 is 1.05 bits per heavy atom. The predicted octanol–water partition coefficient (Wildman–Crippen LogP) is 1.21. The number of esters is 1. The number of carbonyl (C=O) groups excluding carboxylic acids is 2. The van der Waals surface area contributed by atoms with Crippen molar-refractivity contribution in [1.29, 1.82) is 0 Å². The molecule has 110 valence electrons. The minimum absolute atomic E-state index is 0.126. The lowest BCUT2D eigenvalue weighted by atomic mass is 10.2. The van der Waals surface area contributed by atoms with Crippen molar-refractivity contribution in [1.82, 2.24) is 0 Å². The number of benzene rings is 1. The molecule has 1 aromatic rings. The van der Waals surface area contributed by atoms with Crippen molar-refractivity contribution >= 4 is 17.6 Å². The maximum Gasteiger partial charge on any atom is 0.397 e. The van der Waals surface area contributed by atoms with Crippen molar-refractivity contribution in [2.75, 3.05) is 33.3 Å². The molecule has 0 bridgehead atoms. The van der Waals surface area contributed by atoms with Crippen molar-refractivity contribution < 1.29 is 28.5 Å². The molecule has 0 heterocycles. The summed E-state index contributed by atoms with van der Waals surface area (Å²) in [6, 6.07) is 3.02. The van der Waals surface area contributed by atoms with Gasteiger partial charge in [0.2, 0.25) is 5.75 Å². The van der Waals surface area contributed by atoms with Gasteiger partial charge in [-0.3, -0.25) is 4.79 Å². The number of amides is 1. The predicted molar refractivity (Wildman–Crippen MR) is 71.4 cm³/mol. The Balaban J connectivity index is 3.02. The van der Waals surface area contributed by atoms with Crippen LogP contribution in [-0.2, 0) is 14.3 Å². The van der Waals surface area contributed by atoms with Gasteiger partial charge in [0, 0.05) is 17.8 Å². The topological polar surface area (TPSA) is 83.1 Å². The van der Waals surface area contributed by atoms with Crippen molar-refractivity contribution in [2.24, 2.45) is 0 Å². The molecule has 0 aromatic heterocycles. The molecule has 20 heavy (non-hydrogen) atoms. The summed E-state index contributed by atoms with van der Waals surface area (Å²) in [7, 11) is 4.37. The highest BCUT2D eigenvalue weighted by Crippen LogP contribution is 2.39. The minimum atomic E-state index is -0.957. The third-order valence-electron chi connectivity index (χ3n) is 2.38. The molecule has 7 nitrogen and oxygen atoms in total. The van der Waals surface area contributed by atoms with Gasteiger partial charge in [-0.25, -0.2) is 4.79 Å². The number of rotatable bonds is 5. The standard InChI is InChI=1S/C13H17NO6/c1-5-20-13(16)12(15)14-8-6-9(17-2)11(19-4)10(7-8)18-3/h6-7H,5H2,1-4H3,(H,14,15). The van der Waals surface area contributed by atoms with Gasteiger partial charge in [-0.2, -0.15) is 0 Å². The fourth-order valence-corrected chi connectivity index (χ4v) is 1.53. The quantitative estimate of drug-likeness (QED) is 0.646. The van der Waals surface area contributed by atoms with E-state index in [2.05, 4.69) is 10.1 Å². The normalized spacial score (nSPS) is 9.60. The largest absolute Gasteiger partial charge is 0.493 e. The van der Waals surface area contributed by atoms with Gasteiger partial charge in [-0.05, 0) is 6.92 Å². The number of anilines is 1. The molecule has 1 rings (SSSR count). The molecular formula is C13H17NO6. The molecule has 0 saturated heterocycles. The summed E-state index contributed by atoms with van der Waals surface area (Å²) in [5.41, 5.74) is 0.331. The summed E-state index contributed by atoms with van der Waals surface area (Å²) in [5, 5.41) is 2.40. The first kappa shape index (κ1) is 15.6. The Hall–Kier alpha value is -2.44. The number of hydrogen-bond donors (Lipinski definition) is 1. The Bertz CT molecular complexity index is 475. The Labute approximate surface area is 116 Å². The average molecular weight is 283 g/mol. The SMILES string of the molecule is CCOC(=O)C(=O)Nc1cc(OC)c(OC)c(OC)c1. The summed E-state index contributed by atoms with van der Waals surface area (Å²) < 4.78 is 20.0. The minimum Gasteiger partial charge on any atom is -0.493 e. The van der Waals surface area contributed by atoms with E-state index in [1.54, 1.807) is 6.92 Å². The second kappa shape index (κ2) is 7.22. The Morgan fingerprint density at radius 3 is 2.00 bits per heavy atom. The molecule has 0 radical (unpaired) electrons. The first-order valence-corrected chi connectivity index (χ1v) is 5.85. The van der Waals surface area contributed by atoms with Crippen LogP contribution < -0.4 is 19.5 Å². The summed E-state index contributed by atoms with van der Waals surface area (Å²) >= 11 is 0. The van der Waals surface area contributed by atoms with Crippen LogP contribution in [0.25, 0.3) is 0 Å². The lowest BCUT2D eigenvalue weighted by Crippen LogP contribution is -2.25. The van der Waals surface area contributed by atoms with Gasteiger partial charge < -0.3 is 24.3 Å². The van der Waals surface area contributed by atoms with E-state index >= 15 is 0 Å². The van der Waals surface area contributed by atoms with Gasteiger partial charge in [-0.15, -0.1) is 0 Å². The highest BCUT2D eigenvalue weighted by molar-refractivity contribution is 6.37. The lowest BCUT2D eigenvalue weighted by molar-refractivity contribution is -0.152. The van der Waals surface area contributed by atoms with Gasteiger partial charge in [-0.1, -0.05) is 0 Å². The second-order valence-corrected chi connectivity index (χ2v) is 3.59. The van der Waals surface area contributed by atoms with E-state index in [0.29, 0.717) is 22.9 Å². The molecule has 0 aliphatic rings. The van der Waals surface area contributed by atoms with Crippen LogP contribution in [-0.4, -0.2) is 39.8 Å². The molecule has 0 atom stereocenters. The third kappa shape index (κ3) is 3.53. The van der Waals surface area contributed by atoms with Gasteiger partial charge in [0.1, 0.15) is 0 Å². The number of hydrogen-bond acceptors (Lipinski definition) is 6. The van der Waals surface area contributed by atoms with Crippen LogP contribution in [0.3, 0.4) is 0 Å². The van der Waals surface area contributed by atoms with E-state index in [1.807, 2.05) is 0 Å². The van der Waals surface area contributed by atoms with Crippen molar-refractivity contribution in [3.8, 4) is 17.2 Å². The van der Waals surface area contributed by atoms with E-state index < -0.39 is 11.9 Å². The zero-order chi connectivity index (χ0) is 15.1. The van der Waals surface area contributed by atoms with E-state index in [1.165, 1.54) is 33.5 Å². The average Bonchev–Trinajstić information content (AvgIpc) is 2.46. The van der Waals surface area contributed by atoms with Crippen LogP contribution in [0.1, 0.15) is 6.92 Å². The molecule has 0 saturated carbocycles. The maximum absolute atomic E-state index is 11.6. The van der Waals surface area contributed by atoms with Gasteiger partial charge in [0.15, 0.2) is 11.5 Å². The highest BCUT2D eigenvalue weighted by Gasteiger charge is 2.18. The van der Waals surface area contributed by atoms with Crippen LogP contribution in [0.15, 0.2) is 12.1 Å². The molecule has 7 heteroatoms. The molecule has 0 fully saturated rings. The third-order valence-corrected chi connectivity index (χ3v) is 2.38. The summed E-state index contributed by atoms with van der Waals surface area (Å²) in [4.78, 5) is 22.8. The van der Waals surface area contributed by atoms with Crippen molar-refractivity contribution in [2.45, 2.75) is 6.92 Å². The fourth-order valence-electron chi connectivity index (χ4n) is 1.53. The van der Waals surface area contributed by atoms with Crippen LogP contribution in [0.2, 0.25) is 0 Å². The Kier molecular flexibility index (Phi) is 5.64. The number of carbonyl (C=O) groups is 2. The van der Waals surface area contributed by atoms with Gasteiger partial charge in [0.25, 0.3) is 0 Å². The summed E-state index contributed by atoms with van der Waals surface area (Å²) in [6.45, 7) is 1.74. The number of nitrogens with one attached hydrogen (secondary N) is 1. The fraction of sp³-hybridized carbons (Fsp3) is 0.385. The van der Waals surface area contributed by atoms with Crippen LogP contribution in [0, 0.1) is 0 Å². The Morgan fingerprint density at radius 2 is 1.60 bits per heavy atom. The maximum atomic E-state index is 11.6. The zero-order valence-corrected chi connectivity index (χ0v) is 11.8. The highest BCUT2D eigenvalue weighted by atomic mass is 16.5.